The van der Waals surface area contributed by atoms with E-state index in [4.69, 9.17) is 10.1 Å². The molecule has 0 spiro atoms. The van der Waals surface area contributed by atoms with Crippen molar-refractivity contribution < 1.29 is 4.74 Å². The minimum Gasteiger partial charge on any atom is -0.393 e. The molecule has 154 valence electrons. The van der Waals surface area contributed by atoms with E-state index in [-0.39, 0.29) is 11.6 Å². The van der Waals surface area contributed by atoms with E-state index in [9.17, 15) is 0 Å². The van der Waals surface area contributed by atoms with Gasteiger partial charge in [-0.05, 0) is 29.8 Å². The summed E-state index contributed by atoms with van der Waals surface area (Å²) in [5.74, 6) is 0.952. The predicted octanol–water partition coefficient (Wildman–Crippen LogP) is 3.44. The molecule has 7 nitrogen and oxygen atoms in total. The molecule has 1 unspecified atom stereocenters. The average Bonchev–Trinajstić information content (AvgIpc) is 3.18. The molecule has 0 fully saturated rings. The first-order valence-electron chi connectivity index (χ1n) is 9.63. The van der Waals surface area contributed by atoms with E-state index in [0.717, 1.165) is 28.3 Å². The molecule has 0 aromatic carbocycles. The number of likely N-dealkylation sites (N-methyl/N-ethyl adjacent to an activating group) is 1. The van der Waals surface area contributed by atoms with E-state index >= 15 is 0 Å². The second-order valence-electron chi connectivity index (χ2n) is 7.84. The Hall–Kier alpha value is -3.06. The first-order chi connectivity index (χ1) is 13.9. The van der Waals surface area contributed by atoms with Crippen molar-refractivity contribution in [3.8, 4) is 0 Å². The predicted molar refractivity (Wildman–Crippen MR) is 121 cm³/mol. The molecular formula is C22H30N6O. The lowest BCUT2D eigenvalue weighted by atomic mass is 9.87. The smallest absolute Gasteiger partial charge is 0.120 e. The molecule has 0 saturated heterocycles. The van der Waals surface area contributed by atoms with Crippen LogP contribution in [0.1, 0.15) is 30.7 Å². The zero-order valence-electron chi connectivity index (χ0n) is 17.7. The maximum absolute atomic E-state index is 7.65. The second kappa shape index (κ2) is 8.53. The molecule has 3 heterocycles. The lowest BCUT2D eigenvalue weighted by Gasteiger charge is -2.32. The average molecular weight is 395 g/mol. The van der Waals surface area contributed by atoms with Crippen molar-refractivity contribution in [2.75, 3.05) is 38.0 Å². The number of methoxy groups -OCH3 is 1. The molecule has 29 heavy (non-hydrogen) atoms. The molecule has 0 bridgehead atoms. The number of H-pyrrole nitrogens is 1. The molecule has 4 N–H and O–H groups in total. The van der Waals surface area contributed by atoms with Gasteiger partial charge >= 0.3 is 0 Å². The van der Waals surface area contributed by atoms with Gasteiger partial charge in [0.2, 0.25) is 0 Å². The summed E-state index contributed by atoms with van der Waals surface area (Å²) in [6, 6.07) is 4.20. The number of anilines is 2. The number of hydrogen-bond acceptors (Lipinski definition) is 6. The molecule has 2 aromatic rings. The van der Waals surface area contributed by atoms with Crippen LogP contribution in [0.25, 0.3) is 11.6 Å². The third kappa shape index (κ3) is 4.35. The van der Waals surface area contributed by atoms with Crippen molar-refractivity contribution in [2.45, 2.75) is 25.4 Å². The highest BCUT2D eigenvalue weighted by atomic mass is 16.5. The monoisotopic (exact) mass is 394 g/mol. The van der Waals surface area contributed by atoms with Crippen LogP contribution < -0.4 is 15.5 Å². The van der Waals surface area contributed by atoms with Gasteiger partial charge in [0.05, 0.1) is 18.0 Å². The van der Waals surface area contributed by atoms with Crippen molar-refractivity contribution in [1.82, 2.24) is 15.3 Å². The standard InChI is InChI=1S/C22H30N6O/c1-22(2,14-29-5)17-9-20(26-13-17)27-21-7-6-18-19(28(21)4)8-15(12-25-18)16(10-23)11-24-3/h6-13,21,23-24,26-27H,14H2,1-5H3/b16-11+,23-10?. The fraction of sp³-hybridized carbons (Fsp3) is 0.364. The number of hydrogen-bond donors (Lipinski definition) is 4. The first kappa shape index (κ1) is 20.7. The van der Waals surface area contributed by atoms with Crippen LogP contribution in [0.3, 0.4) is 0 Å². The van der Waals surface area contributed by atoms with E-state index in [1.165, 1.54) is 11.8 Å². The summed E-state index contributed by atoms with van der Waals surface area (Å²) in [6.45, 7) is 4.99. The molecule has 1 atom stereocenters. The number of aromatic amines is 1. The van der Waals surface area contributed by atoms with Crippen LogP contribution in [0.2, 0.25) is 0 Å². The van der Waals surface area contributed by atoms with E-state index in [0.29, 0.717) is 6.61 Å². The number of rotatable bonds is 8. The van der Waals surface area contributed by atoms with Gasteiger partial charge < -0.3 is 30.7 Å². The minimum absolute atomic E-state index is 0.0201. The Kier molecular flexibility index (Phi) is 6.08. The van der Waals surface area contributed by atoms with E-state index in [1.54, 1.807) is 19.5 Å². The minimum atomic E-state index is -0.0618. The van der Waals surface area contributed by atoms with Gasteiger partial charge in [-0.25, -0.2) is 0 Å². The van der Waals surface area contributed by atoms with Crippen molar-refractivity contribution in [3.05, 3.63) is 53.6 Å². The second-order valence-corrected chi connectivity index (χ2v) is 7.84. The lowest BCUT2D eigenvalue weighted by molar-refractivity contribution is 0.147. The summed E-state index contributed by atoms with van der Waals surface area (Å²) in [5.41, 5.74) is 4.74. The summed E-state index contributed by atoms with van der Waals surface area (Å²) in [7, 11) is 5.59. The van der Waals surface area contributed by atoms with Gasteiger partial charge in [-0.15, -0.1) is 0 Å². The summed E-state index contributed by atoms with van der Waals surface area (Å²) in [6.07, 6.45) is 11.1. The number of allylic oxidation sites excluding steroid dienone is 1. The number of ether oxygens (including phenoxy) is 1. The molecule has 0 radical (unpaired) electrons. The Balaban J connectivity index is 1.81. The number of aromatic nitrogens is 2. The SMILES string of the molecule is CN/C=C(\C=N)c1cnc2c(c1)N(C)C(Nc1cc(C(C)(C)COC)c[nH]1)C=C2. The fourth-order valence-electron chi connectivity index (χ4n) is 3.47. The van der Waals surface area contributed by atoms with E-state index in [2.05, 4.69) is 57.6 Å². The first-order valence-corrected chi connectivity index (χ1v) is 9.63. The van der Waals surface area contributed by atoms with Gasteiger partial charge in [0.25, 0.3) is 0 Å². The Morgan fingerprint density at radius 2 is 2.21 bits per heavy atom. The number of fused-ring (bicyclic) bond motifs is 1. The Morgan fingerprint density at radius 3 is 2.90 bits per heavy atom. The van der Waals surface area contributed by atoms with Crippen LogP contribution in [-0.4, -0.2) is 50.2 Å². The quantitative estimate of drug-likeness (QED) is 0.515. The largest absolute Gasteiger partial charge is 0.393 e. The molecule has 2 aromatic heterocycles. The number of nitrogens with zero attached hydrogens (tertiary/aromatic N) is 2. The van der Waals surface area contributed by atoms with Gasteiger partial charge in [-0.2, -0.15) is 0 Å². The van der Waals surface area contributed by atoms with Crippen molar-refractivity contribution >= 4 is 29.4 Å². The fourth-order valence-corrected chi connectivity index (χ4v) is 3.47. The Bertz CT molecular complexity index is 927. The Labute approximate surface area is 172 Å². The lowest BCUT2D eigenvalue weighted by Crippen LogP contribution is -2.38. The van der Waals surface area contributed by atoms with Crippen LogP contribution >= 0.6 is 0 Å². The third-order valence-electron chi connectivity index (χ3n) is 5.19. The summed E-state index contributed by atoms with van der Waals surface area (Å²) in [4.78, 5) is 10.0. The Morgan fingerprint density at radius 1 is 1.41 bits per heavy atom. The van der Waals surface area contributed by atoms with Gasteiger partial charge in [-0.1, -0.05) is 13.8 Å². The van der Waals surface area contributed by atoms with Crippen LogP contribution in [0.4, 0.5) is 11.5 Å². The van der Waals surface area contributed by atoms with Gasteiger partial charge in [0.15, 0.2) is 0 Å². The third-order valence-corrected chi connectivity index (χ3v) is 5.19. The molecule has 1 aliphatic rings. The zero-order chi connectivity index (χ0) is 21.0. The number of pyridine rings is 1. The summed E-state index contributed by atoms with van der Waals surface area (Å²) in [5, 5.41) is 14.2. The van der Waals surface area contributed by atoms with Crippen LogP contribution in [0, 0.1) is 5.41 Å². The maximum Gasteiger partial charge on any atom is 0.120 e. The molecular weight excluding hydrogens is 364 g/mol. The maximum atomic E-state index is 7.65. The summed E-state index contributed by atoms with van der Waals surface area (Å²) >= 11 is 0. The summed E-state index contributed by atoms with van der Waals surface area (Å²) < 4.78 is 5.35. The van der Waals surface area contributed by atoms with Crippen LogP contribution in [0.15, 0.2) is 36.8 Å². The van der Waals surface area contributed by atoms with E-state index in [1.807, 2.05) is 26.4 Å². The molecule has 0 saturated carbocycles. The molecule has 1 aliphatic heterocycles. The van der Waals surface area contributed by atoms with Crippen molar-refractivity contribution in [1.29, 1.82) is 5.41 Å². The van der Waals surface area contributed by atoms with Crippen LogP contribution in [0.5, 0.6) is 0 Å². The van der Waals surface area contributed by atoms with Gasteiger partial charge in [0, 0.05) is 62.6 Å². The van der Waals surface area contributed by atoms with Crippen molar-refractivity contribution in [3.63, 3.8) is 0 Å². The highest BCUT2D eigenvalue weighted by Crippen LogP contribution is 2.30. The molecule has 3 rings (SSSR count). The van der Waals surface area contributed by atoms with Crippen LogP contribution in [-0.2, 0) is 10.2 Å². The van der Waals surface area contributed by atoms with Crippen molar-refractivity contribution in [2.24, 2.45) is 0 Å². The highest BCUT2D eigenvalue weighted by molar-refractivity contribution is 6.08. The highest BCUT2D eigenvalue weighted by Gasteiger charge is 2.24. The van der Waals surface area contributed by atoms with Gasteiger partial charge in [-0.3, -0.25) is 4.98 Å². The number of nitrogens with one attached hydrogen (secondary N) is 4. The van der Waals surface area contributed by atoms with Gasteiger partial charge in [0.1, 0.15) is 12.0 Å². The molecule has 7 heteroatoms. The molecule has 0 aliphatic carbocycles. The van der Waals surface area contributed by atoms with E-state index < -0.39 is 0 Å². The molecule has 0 amide bonds. The topological polar surface area (TPSA) is 89.1 Å². The zero-order valence-corrected chi connectivity index (χ0v) is 17.7. The normalized spacial score (nSPS) is 16.5.